The van der Waals surface area contributed by atoms with Crippen molar-refractivity contribution < 1.29 is 22.1 Å². The lowest BCUT2D eigenvalue weighted by Gasteiger charge is -2.39. The van der Waals surface area contributed by atoms with Crippen molar-refractivity contribution in [2.24, 2.45) is 0 Å². The molecule has 0 fully saturated rings. The van der Waals surface area contributed by atoms with E-state index in [2.05, 4.69) is 13.2 Å². The standard InChI is InChI=1S/C21H26O5S2/c1-4-12-21(13-5-2,24-15-18-11-14-27-17-18)20(16-25-28(3,22)23)26-19-9-7-6-8-10-19/h4-11,14,17,20H,1-2,12-13,15-16H2,3H3. The van der Waals surface area contributed by atoms with Gasteiger partial charge in [-0.05, 0) is 47.4 Å². The quantitative estimate of drug-likeness (QED) is 0.349. The number of rotatable bonds is 13. The van der Waals surface area contributed by atoms with E-state index >= 15 is 0 Å². The van der Waals surface area contributed by atoms with Crippen LogP contribution in [-0.2, 0) is 25.6 Å². The van der Waals surface area contributed by atoms with Gasteiger partial charge >= 0.3 is 0 Å². The molecule has 1 aromatic carbocycles. The van der Waals surface area contributed by atoms with E-state index in [1.165, 1.54) is 0 Å². The maximum atomic E-state index is 11.6. The Morgan fingerprint density at radius 3 is 2.36 bits per heavy atom. The minimum atomic E-state index is -3.65. The summed E-state index contributed by atoms with van der Waals surface area (Å²) in [7, 11) is -3.65. The molecule has 7 heteroatoms. The second-order valence-corrected chi connectivity index (χ2v) is 8.80. The lowest BCUT2D eigenvalue weighted by molar-refractivity contribution is -0.128. The molecule has 1 aromatic heterocycles. The van der Waals surface area contributed by atoms with E-state index in [1.54, 1.807) is 35.6 Å². The van der Waals surface area contributed by atoms with Gasteiger partial charge in [-0.15, -0.1) is 13.2 Å². The zero-order valence-electron chi connectivity index (χ0n) is 16.0. The third-order valence-corrected chi connectivity index (χ3v) is 5.42. The van der Waals surface area contributed by atoms with Crippen molar-refractivity contribution in [3.8, 4) is 5.75 Å². The van der Waals surface area contributed by atoms with Crippen LogP contribution >= 0.6 is 11.3 Å². The molecular formula is C21H26O5S2. The fourth-order valence-corrected chi connectivity index (χ4v) is 3.81. The van der Waals surface area contributed by atoms with Gasteiger partial charge in [0.05, 0.1) is 12.9 Å². The van der Waals surface area contributed by atoms with Crippen LogP contribution in [0, 0.1) is 0 Å². The second kappa shape index (κ2) is 10.6. The molecule has 2 rings (SSSR count). The third kappa shape index (κ3) is 6.91. The molecular weight excluding hydrogens is 396 g/mol. The molecule has 152 valence electrons. The van der Waals surface area contributed by atoms with Crippen LogP contribution in [0.25, 0.3) is 0 Å². The summed E-state index contributed by atoms with van der Waals surface area (Å²) in [5, 5.41) is 3.98. The summed E-state index contributed by atoms with van der Waals surface area (Å²) in [4.78, 5) is 0. The monoisotopic (exact) mass is 422 g/mol. The van der Waals surface area contributed by atoms with Crippen LogP contribution in [-0.4, -0.2) is 33.0 Å². The van der Waals surface area contributed by atoms with Crippen molar-refractivity contribution in [3.63, 3.8) is 0 Å². The Kier molecular flexibility index (Phi) is 8.44. The lowest BCUT2D eigenvalue weighted by Crippen LogP contribution is -2.50. The van der Waals surface area contributed by atoms with Gasteiger partial charge in [-0.3, -0.25) is 4.18 Å². The van der Waals surface area contributed by atoms with E-state index in [0.717, 1.165) is 11.8 Å². The Balaban J connectivity index is 2.34. The number of hydrogen-bond donors (Lipinski definition) is 0. The molecule has 0 N–H and O–H groups in total. The Hall–Kier alpha value is -1.93. The van der Waals surface area contributed by atoms with Crippen LogP contribution in [0.1, 0.15) is 18.4 Å². The minimum Gasteiger partial charge on any atom is -0.485 e. The second-order valence-electron chi connectivity index (χ2n) is 6.38. The SMILES string of the molecule is C=CCC(CC=C)(OCc1ccsc1)C(COS(C)(=O)=O)Oc1ccccc1. The van der Waals surface area contributed by atoms with Crippen molar-refractivity contribution in [3.05, 3.63) is 78.0 Å². The van der Waals surface area contributed by atoms with Gasteiger partial charge in [0.15, 0.2) is 6.10 Å². The molecule has 28 heavy (non-hydrogen) atoms. The molecule has 0 bridgehead atoms. The zero-order valence-corrected chi connectivity index (χ0v) is 17.6. The zero-order chi connectivity index (χ0) is 20.5. The van der Waals surface area contributed by atoms with Crippen molar-refractivity contribution in [1.29, 1.82) is 0 Å². The summed E-state index contributed by atoms with van der Waals surface area (Å²) in [5.74, 6) is 0.598. The molecule has 5 nitrogen and oxygen atoms in total. The van der Waals surface area contributed by atoms with Crippen LogP contribution in [0.2, 0.25) is 0 Å². The first-order valence-electron chi connectivity index (χ1n) is 8.81. The van der Waals surface area contributed by atoms with Gasteiger partial charge in [0.1, 0.15) is 18.0 Å². The first-order valence-corrected chi connectivity index (χ1v) is 11.6. The van der Waals surface area contributed by atoms with E-state index in [1.807, 2.05) is 35.0 Å². The molecule has 0 saturated carbocycles. The Labute approximate surface area is 171 Å². The van der Waals surface area contributed by atoms with Crippen molar-refractivity contribution >= 4 is 21.5 Å². The molecule has 1 atom stereocenters. The van der Waals surface area contributed by atoms with Crippen LogP contribution in [0.5, 0.6) is 5.75 Å². The van der Waals surface area contributed by atoms with E-state index in [0.29, 0.717) is 25.2 Å². The van der Waals surface area contributed by atoms with Crippen LogP contribution in [0.15, 0.2) is 72.5 Å². The van der Waals surface area contributed by atoms with E-state index in [-0.39, 0.29) is 6.61 Å². The van der Waals surface area contributed by atoms with E-state index in [4.69, 9.17) is 13.7 Å². The Morgan fingerprint density at radius 1 is 1.14 bits per heavy atom. The molecule has 0 radical (unpaired) electrons. The summed E-state index contributed by atoms with van der Waals surface area (Å²) < 4.78 is 40.8. The number of para-hydroxylation sites is 1. The number of thiophene rings is 1. The molecule has 2 aromatic rings. The van der Waals surface area contributed by atoms with Gasteiger partial charge in [0, 0.05) is 0 Å². The number of hydrogen-bond acceptors (Lipinski definition) is 6. The Bertz CT molecular complexity index is 819. The molecule has 0 aliphatic heterocycles. The highest BCUT2D eigenvalue weighted by atomic mass is 32.2. The third-order valence-electron chi connectivity index (χ3n) is 4.13. The van der Waals surface area contributed by atoms with Gasteiger partial charge in [-0.25, -0.2) is 0 Å². The van der Waals surface area contributed by atoms with Crippen molar-refractivity contribution in [2.75, 3.05) is 12.9 Å². The minimum absolute atomic E-state index is 0.182. The topological polar surface area (TPSA) is 61.8 Å². The van der Waals surface area contributed by atoms with Crippen LogP contribution in [0.4, 0.5) is 0 Å². The average Bonchev–Trinajstić information content (AvgIpc) is 3.17. The van der Waals surface area contributed by atoms with Gasteiger partial charge in [-0.2, -0.15) is 19.8 Å². The van der Waals surface area contributed by atoms with Gasteiger partial charge < -0.3 is 9.47 Å². The van der Waals surface area contributed by atoms with Crippen molar-refractivity contribution in [1.82, 2.24) is 0 Å². The summed E-state index contributed by atoms with van der Waals surface area (Å²) in [6.45, 7) is 7.87. The fourth-order valence-electron chi connectivity index (χ4n) is 2.79. The maximum Gasteiger partial charge on any atom is 0.264 e. The highest BCUT2D eigenvalue weighted by Crippen LogP contribution is 2.32. The maximum absolute atomic E-state index is 11.6. The van der Waals surface area contributed by atoms with Crippen molar-refractivity contribution in [2.45, 2.75) is 31.2 Å². The number of ether oxygens (including phenoxy) is 2. The predicted molar refractivity (Wildman–Crippen MR) is 113 cm³/mol. The fraction of sp³-hybridized carbons (Fsp3) is 0.333. The smallest absolute Gasteiger partial charge is 0.264 e. The lowest BCUT2D eigenvalue weighted by atomic mass is 9.88. The highest BCUT2D eigenvalue weighted by molar-refractivity contribution is 7.85. The summed E-state index contributed by atoms with van der Waals surface area (Å²) in [6.07, 6.45) is 4.67. The molecule has 1 heterocycles. The predicted octanol–water partition coefficient (Wildman–Crippen LogP) is 4.58. The van der Waals surface area contributed by atoms with Gasteiger partial charge in [-0.1, -0.05) is 30.4 Å². The molecule has 0 amide bonds. The first kappa shape index (κ1) is 22.4. The van der Waals surface area contributed by atoms with E-state index < -0.39 is 21.8 Å². The highest BCUT2D eigenvalue weighted by Gasteiger charge is 2.41. The van der Waals surface area contributed by atoms with Gasteiger partial charge in [0.2, 0.25) is 0 Å². The van der Waals surface area contributed by atoms with E-state index in [9.17, 15) is 8.42 Å². The van der Waals surface area contributed by atoms with Crippen LogP contribution < -0.4 is 4.74 Å². The molecule has 0 aliphatic rings. The Morgan fingerprint density at radius 2 is 1.82 bits per heavy atom. The summed E-state index contributed by atoms with van der Waals surface area (Å²) >= 11 is 1.59. The largest absolute Gasteiger partial charge is 0.485 e. The molecule has 0 aliphatic carbocycles. The van der Waals surface area contributed by atoms with Crippen LogP contribution in [0.3, 0.4) is 0 Å². The first-order chi connectivity index (χ1) is 13.4. The van der Waals surface area contributed by atoms with Gasteiger partial charge in [0.25, 0.3) is 10.1 Å². The molecule has 0 saturated heterocycles. The average molecular weight is 423 g/mol. The molecule has 1 unspecified atom stereocenters. The summed E-state index contributed by atoms with van der Waals surface area (Å²) in [6, 6.07) is 11.2. The number of benzene rings is 1. The summed E-state index contributed by atoms with van der Waals surface area (Å²) in [5.41, 5.74) is 0.149. The molecule has 0 spiro atoms. The normalized spacial score (nSPS) is 13.0.